The molecule has 4 heteroatoms. The summed E-state index contributed by atoms with van der Waals surface area (Å²) in [6.45, 7) is 9.88. The van der Waals surface area contributed by atoms with Gasteiger partial charge in [0.15, 0.2) is 0 Å². The van der Waals surface area contributed by atoms with Crippen LogP contribution in [0.4, 0.5) is 22.7 Å². The molecule has 288 valence electrons. The van der Waals surface area contributed by atoms with Gasteiger partial charge in [0.05, 0.1) is 52.8 Å². The Morgan fingerprint density at radius 1 is 0.525 bits per heavy atom. The monoisotopic (exact) mass is 783 g/mol. The maximum atomic E-state index is 9.46. The Morgan fingerprint density at radius 2 is 1.14 bits per heavy atom. The zero-order valence-corrected chi connectivity index (χ0v) is 33.0. The molecule has 0 radical (unpaired) electrons. The second kappa shape index (κ2) is 14.2. The normalized spacial score (nSPS) is 17.3. The standard InChI is InChI=1S/C55H48N4/c1-54(2,3)40-32-33-56-52(36-40)59-48-27-13-12-24-46(48)47-31-30-42(35-51(47)59)55(4,5)41-22-16-23-43(34-41)57-37-58(50-29-15-14-28-49(50)57)53-44(38-18-8-6-9-19-38)25-17-26-45(53)39-20-10-7-11-21-39/h6-36H,37H2,1-5H3/i6D,7D,8D,9D,10D,11D,12D,13D,14D,15D,18D,19D,20D,21D,24D,27D,28D,29D. The molecule has 0 saturated heterocycles. The number of fused-ring (bicyclic) bond motifs is 4. The van der Waals surface area contributed by atoms with E-state index in [0.717, 1.165) is 16.7 Å². The summed E-state index contributed by atoms with van der Waals surface area (Å²) in [7, 11) is 0. The van der Waals surface area contributed by atoms with Crippen LogP contribution < -0.4 is 9.80 Å². The number of hydrogen-bond acceptors (Lipinski definition) is 3. The zero-order valence-electron chi connectivity index (χ0n) is 51.0. The van der Waals surface area contributed by atoms with E-state index < -0.39 is 90.0 Å². The van der Waals surface area contributed by atoms with Gasteiger partial charge < -0.3 is 9.80 Å². The lowest BCUT2D eigenvalue weighted by atomic mass is 9.77. The molecule has 1 aliphatic heterocycles. The minimum Gasteiger partial charge on any atom is -0.321 e. The first-order valence-electron chi connectivity index (χ1n) is 28.2. The van der Waals surface area contributed by atoms with E-state index in [1.54, 1.807) is 27.8 Å². The first-order chi connectivity index (χ1) is 36.1. The molecule has 1 aliphatic rings. The van der Waals surface area contributed by atoms with Crippen molar-refractivity contribution in [2.24, 2.45) is 0 Å². The van der Waals surface area contributed by atoms with Gasteiger partial charge in [-0.15, -0.1) is 0 Å². The summed E-state index contributed by atoms with van der Waals surface area (Å²) < 4.78 is 162. The van der Waals surface area contributed by atoms with Crippen LogP contribution in [0.15, 0.2) is 188 Å². The lowest BCUT2D eigenvalue weighted by Crippen LogP contribution is -2.25. The molecular formula is C55H48N4. The Kier molecular flexibility index (Phi) is 5.22. The molecule has 10 rings (SSSR count). The number of rotatable bonds is 7. The number of aromatic nitrogens is 2. The van der Waals surface area contributed by atoms with Gasteiger partial charge in [0.25, 0.3) is 0 Å². The van der Waals surface area contributed by atoms with Crippen molar-refractivity contribution in [2.45, 2.75) is 45.4 Å². The van der Waals surface area contributed by atoms with Crippen molar-refractivity contribution < 1.29 is 24.7 Å². The van der Waals surface area contributed by atoms with Gasteiger partial charge in [0.2, 0.25) is 0 Å². The summed E-state index contributed by atoms with van der Waals surface area (Å²) in [5.41, 5.74) is 1.81. The Hall–Kier alpha value is -6.91. The third kappa shape index (κ3) is 6.27. The van der Waals surface area contributed by atoms with Gasteiger partial charge in [-0.05, 0) is 81.7 Å². The summed E-state index contributed by atoms with van der Waals surface area (Å²) in [5, 5.41) is 0.919. The molecule has 0 aliphatic carbocycles. The van der Waals surface area contributed by atoms with E-state index in [0.29, 0.717) is 27.8 Å². The van der Waals surface area contributed by atoms with Crippen molar-refractivity contribution in [1.82, 2.24) is 9.55 Å². The predicted octanol–water partition coefficient (Wildman–Crippen LogP) is 14.4. The van der Waals surface area contributed by atoms with Crippen molar-refractivity contribution in [1.29, 1.82) is 0 Å². The van der Waals surface area contributed by atoms with Crippen molar-refractivity contribution in [3.05, 3.63) is 204 Å². The van der Waals surface area contributed by atoms with E-state index in [9.17, 15) is 2.74 Å². The SMILES string of the molecule is [2H]c1c([2H])c([2H])c(-c2cccc(-c3c([2H])c([2H])c([2H])c([2H])c3[2H])c2N2CN(c3cccc(C(C)(C)c4ccc5c6c([2H])c([2H])c([2H])c([2H])c6n(-c6cc(C(C)(C)C)ccn6)c5c4)c3)c3c([2H])c([2H])c([2H])c([2H])c32)c([2H])c1[2H]. The fourth-order valence-corrected chi connectivity index (χ4v) is 7.95. The molecule has 0 saturated carbocycles. The van der Waals surface area contributed by atoms with Crippen LogP contribution in [0.1, 0.15) is 76.0 Å². The van der Waals surface area contributed by atoms with Crippen molar-refractivity contribution in [3.63, 3.8) is 0 Å². The van der Waals surface area contributed by atoms with Crippen molar-refractivity contribution in [2.75, 3.05) is 16.5 Å². The number of nitrogens with zero attached hydrogens (tertiary/aromatic N) is 4. The second-order valence-electron chi connectivity index (χ2n) is 16.0. The topological polar surface area (TPSA) is 24.3 Å². The summed E-state index contributed by atoms with van der Waals surface area (Å²) in [6, 6.07) is 11.5. The van der Waals surface area contributed by atoms with Crippen LogP contribution in [0.3, 0.4) is 0 Å². The fraction of sp³-hybridized carbons (Fsp3) is 0.145. The van der Waals surface area contributed by atoms with E-state index in [1.165, 1.54) is 23.1 Å². The largest absolute Gasteiger partial charge is 0.321 e. The van der Waals surface area contributed by atoms with Crippen LogP contribution in [0, 0.1) is 0 Å². The molecule has 0 fully saturated rings. The molecule has 7 aromatic carbocycles. The second-order valence-corrected chi connectivity index (χ2v) is 16.0. The number of benzene rings is 7. The van der Waals surface area contributed by atoms with Crippen molar-refractivity contribution in [3.8, 4) is 28.1 Å². The predicted molar refractivity (Wildman–Crippen MR) is 249 cm³/mol. The third-order valence-electron chi connectivity index (χ3n) is 11.2. The average Bonchev–Trinajstić information content (AvgIpc) is 4.10. The van der Waals surface area contributed by atoms with Crippen LogP contribution in [-0.4, -0.2) is 16.2 Å². The average molecular weight is 783 g/mol. The molecule has 0 spiro atoms. The molecule has 0 atom stereocenters. The number of para-hydroxylation sites is 4. The van der Waals surface area contributed by atoms with Gasteiger partial charge in [-0.1, -0.05) is 168 Å². The first-order valence-corrected chi connectivity index (χ1v) is 19.2. The van der Waals surface area contributed by atoms with E-state index in [-0.39, 0.29) is 81.1 Å². The molecule has 4 nitrogen and oxygen atoms in total. The van der Waals surface area contributed by atoms with Gasteiger partial charge in [-0.25, -0.2) is 4.98 Å². The maximum absolute atomic E-state index is 9.46. The molecule has 2 aromatic heterocycles. The van der Waals surface area contributed by atoms with E-state index in [4.69, 9.17) is 26.9 Å². The molecule has 0 bridgehead atoms. The quantitative estimate of drug-likeness (QED) is 0.161. The highest BCUT2D eigenvalue weighted by atomic mass is 15.4. The van der Waals surface area contributed by atoms with E-state index in [1.807, 2.05) is 56.3 Å². The summed E-state index contributed by atoms with van der Waals surface area (Å²) in [4.78, 5) is 7.86. The highest BCUT2D eigenvalue weighted by molar-refractivity contribution is 6.09. The minimum absolute atomic E-state index is 0.00433. The minimum atomic E-state index is -0.860. The van der Waals surface area contributed by atoms with Gasteiger partial charge in [-0.2, -0.15) is 0 Å². The van der Waals surface area contributed by atoms with Gasteiger partial charge in [-0.3, -0.25) is 4.57 Å². The summed E-state index contributed by atoms with van der Waals surface area (Å²) >= 11 is 0. The molecule has 0 N–H and O–H groups in total. The van der Waals surface area contributed by atoms with Gasteiger partial charge >= 0.3 is 0 Å². The van der Waals surface area contributed by atoms with Crippen molar-refractivity contribution >= 4 is 44.6 Å². The smallest absolute Gasteiger partial charge is 0.137 e. The third-order valence-corrected chi connectivity index (χ3v) is 11.2. The van der Waals surface area contributed by atoms with E-state index in [2.05, 4.69) is 20.8 Å². The highest BCUT2D eigenvalue weighted by Crippen LogP contribution is 2.50. The zero-order chi connectivity index (χ0) is 56.0. The van der Waals surface area contributed by atoms with Crippen LogP contribution in [0.2, 0.25) is 0 Å². The molecule has 3 heterocycles. The summed E-state index contributed by atoms with van der Waals surface area (Å²) in [5.74, 6) is 0.462. The van der Waals surface area contributed by atoms with Crippen LogP contribution >= 0.6 is 0 Å². The fourth-order valence-electron chi connectivity index (χ4n) is 7.95. The van der Waals surface area contributed by atoms with Crippen LogP contribution in [0.5, 0.6) is 0 Å². The lowest BCUT2D eigenvalue weighted by molar-refractivity contribution is 0.588. The number of pyridine rings is 1. The maximum Gasteiger partial charge on any atom is 0.137 e. The molecular weight excluding hydrogens is 717 g/mol. The molecule has 59 heavy (non-hydrogen) atoms. The molecule has 0 amide bonds. The highest BCUT2D eigenvalue weighted by Gasteiger charge is 2.32. The lowest BCUT2D eigenvalue weighted by Gasteiger charge is -2.29. The number of anilines is 4. The van der Waals surface area contributed by atoms with Crippen LogP contribution in [0.25, 0.3) is 49.9 Å². The Morgan fingerprint density at radius 3 is 1.83 bits per heavy atom. The Balaban J connectivity index is 1.20. The molecule has 0 unspecified atom stereocenters. The Labute approximate surface area is 372 Å². The first kappa shape index (κ1) is 21.7. The van der Waals surface area contributed by atoms with Gasteiger partial charge in [0, 0.05) is 39.2 Å². The number of hydrogen-bond donors (Lipinski definition) is 0. The van der Waals surface area contributed by atoms with Gasteiger partial charge in [0.1, 0.15) is 12.5 Å². The van der Waals surface area contributed by atoms with Crippen LogP contribution in [-0.2, 0) is 10.8 Å². The molecule has 9 aromatic rings. The Bertz CT molecular complexity index is 3900. The van der Waals surface area contributed by atoms with E-state index >= 15 is 0 Å². The summed E-state index contributed by atoms with van der Waals surface area (Å²) in [6.07, 6.45) is 1.68.